The van der Waals surface area contributed by atoms with E-state index >= 15 is 0 Å². The third kappa shape index (κ3) is 5.08. The van der Waals surface area contributed by atoms with E-state index in [4.69, 9.17) is 23.7 Å². The Hall–Kier alpha value is -4.02. The summed E-state index contributed by atoms with van der Waals surface area (Å²) in [6, 6.07) is 7.68. The number of nitrogens with zero attached hydrogens (tertiary/aromatic N) is 2. The van der Waals surface area contributed by atoms with Crippen molar-refractivity contribution in [2.45, 2.75) is 25.8 Å². The minimum Gasteiger partial charge on any atom is -0.493 e. The van der Waals surface area contributed by atoms with Crippen molar-refractivity contribution in [2.75, 3.05) is 40.1 Å². The Morgan fingerprint density at radius 1 is 1.14 bits per heavy atom. The first kappa shape index (κ1) is 24.1. The molecule has 0 N–H and O–H groups in total. The molecule has 2 aromatic carbocycles. The molecular weight excluding hydrogens is 460 g/mol. The molecule has 0 aliphatic carbocycles. The van der Waals surface area contributed by atoms with Gasteiger partial charge in [0.2, 0.25) is 0 Å². The number of hydrogen-bond donors (Lipinski definition) is 0. The van der Waals surface area contributed by atoms with Gasteiger partial charge in [-0.15, -0.1) is 0 Å². The summed E-state index contributed by atoms with van der Waals surface area (Å²) in [5.74, 6) is 0.189. The third-order valence-electron chi connectivity index (χ3n) is 5.85. The highest BCUT2D eigenvalue weighted by Gasteiger charge is 2.32. The van der Waals surface area contributed by atoms with Crippen LogP contribution in [-0.2, 0) is 9.53 Å². The fourth-order valence-corrected chi connectivity index (χ4v) is 4.26. The van der Waals surface area contributed by atoms with Crippen molar-refractivity contribution in [1.82, 2.24) is 4.90 Å². The second-order valence-corrected chi connectivity index (χ2v) is 7.93. The van der Waals surface area contributed by atoms with E-state index in [0.29, 0.717) is 31.3 Å². The molecule has 2 aliphatic rings. The number of methoxy groups -OCH3 is 1. The maximum Gasteiger partial charge on any atom is 0.345 e. The van der Waals surface area contributed by atoms with E-state index in [1.165, 1.54) is 13.2 Å². The highest BCUT2D eigenvalue weighted by Crippen LogP contribution is 2.38. The fraction of sp³-hybridized carbons (Fsp3) is 0.417. The molecule has 0 aromatic heterocycles. The van der Waals surface area contributed by atoms with Crippen molar-refractivity contribution in [1.29, 1.82) is 0 Å². The Bertz CT molecular complexity index is 1130. The first-order valence-electron chi connectivity index (χ1n) is 11.3. The summed E-state index contributed by atoms with van der Waals surface area (Å²) in [7, 11) is 1.35. The van der Waals surface area contributed by atoms with Gasteiger partial charge in [0.25, 0.3) is 11.6 Å². The molecule has 1 unspecified atom stereocenters. The number of likely N-dealkylation sites (tertiary alicyclic amines) is 1. The van der Waals surface area contributed by atoms with Crippen LogP contribution in [0.2, 0.25) is 0 Å². The lowest BCUT2D eigenvalue weighted by Gasteiger charge is -2.26. The Labute approximate surface area is 201 Å². The van der Waals surface area contributed by atoms with Crippen LogP contribution in [0.5, 0.6) is 23.0 Å². The largest absolute Gasteiger partial charge is 0.493 e. The second-order valence-electron chi connectivity index (χ2n) is 7.93. The van der Waals surface area contributed by atoms with Gasteiger partial charge < -0.3 is 28.6 Å². The molecule has 11 nitrogen and oxygen atoms in total. The number of benzene rings is 2. The van der Waals surface area contributed by atoms with Crippen molar-refractivity contribution in [3.05, 3.63) is 51.6 Å². The zero-order valence-electron chi connectivity index (χ0n) is 19.5. The molecule has 2 aromatic rings. The Morgan fingerprint density at radius 3 is 2.63 bits per heavy atom. The number of ether oxygens (including phenoxy) is 5. The smallest absolute Gasteiger partial charge is 0.345 e. The monoisotopic (exact) mass is 486 g/mol. The lowest BCUT2D eigenvalue weighted by atomic mass is 10.0. The number of esters is 1. The van der Waals surface area contributed by atoms with Crippen LogP contribution in [0.15, 0.2) is 30.3 Å². The molecular formula is C24H26N2O9. The summed E-state index contributed by atoms with van der Waals surface area (Å²) in [4.78, 5) is 38.1. The van der Waals surface area contributed by atoms with Crippen LogP contribution >= 0.6 is 0 Å². The molecule has 2 heterocycles. The molecule has 1 saturated heterocycles. The molecule has 0 radical (unpaired) electrons. The van der Waals surface area contributed by atoms with E-state index in [1.54, 1.807) is 11.8 Å². The molecule has 0 saturated carbocycles. The van der Waals surface area contributed by atoms with Crippen LogP contribution in [0.4, 0.5) is 5.69 Å². The van der Waals surface area contributed by atoms with E-state index in [2.05, 4.69) is 0 Å². The van der Waals surface area contributed by atoms with Gasteiger partial charge in [0.15, 0.2) is 29.6 Å². The van der Waals surface area contributed by atoms with Crippen LogP contribution in [0.25, 0.3) is 0 Å². The highest BCUT2D eigenvalue weighted by atomic mass is 16.6. The maximum absolute atomic E-state index is 12.9. The molecule has 35 heavy (non-hydrogen) atoms. The number of nitro groups is 1. The molecule has 186 valence electrons. The van der Waals surface area contributed by atoms with Gasteiger partial charge in [0.1, 0.15) is 18.8 Å². The predicted molar refractivity (Wildman–Crippen MR) is 122 cm³/mol. The number of nitro benzene ring substituents is 1. The van der Waals surface area contributed by atoms with E-state index in [9.17, 15) is 19.7 Å². The van der Waals surface area contributed by atoms with E-state index in [-0.39, 0.29) is 29.7 Å². The van der Waals surface area contributed by atoms with Gasteiger partial charge in [-0.05, 0) is 37.5 Å². The minimum absolute atomic E-state index is 0.133. The highest BCUT2D eigenvalue weighted by molar-refractivity contribution is 5.96. The molecule has 0 bridgehead atoms. The first-order chi connectivity index (χ1) is 16.9. The van der Waals surface area contributed by atoms with Gasteiger partial charge in [-0.2, -0.15) is 0 Å². The van der Waals surface area contributed by atoms with Crippen molar-refractivity contribution in [3.8, 4) is 23.0 Å². The number of fused-ring (bicyclic) bond motifs is 1. The first-order valence-corrected chi connectivity index (χ1v) is 11.3. The van der Waals surface area contributed by atoms with Crippen LogP contribution in [0, 0.1) is 10.1 Å². The number of rotatable bonds is 8. The molecule has 1 amide bonds. The molecule has 2 aliphatic heterocycles. The summed E-state index contributed by atoms with van der Waals surface area (Å²) in [5, 5.41) is 11.5. The molecule has 0 spiro atoms. The normalized spacial score (nSPS) is 16.5. The van der Waals surface area contributed by atoms with Crippen molar-refractivity contribution in [3.63, 3.8) is 0 Å². The van der Waals surface area contributed by atoms with Crippen LogP contribution < -0.4 is 18.9 Å². The quantitative estimate of drug-likeness (QED) is 0.314. The molecule has 4 rings (SSSR count). The Balaban J connectivity index is 1.47. The maximum atomic E-state index is 12.9. The van der Waals surface area contributed by atoms with Gasteiger partial charge in [0, 0.05) is 12.6 Å². The Morgan fingerprint density at radius 2 is 1.91 bits per heavy atom. The lowest BCUT2D eigenvalue weighted by Crippen LogP contribution is -2.34. The minimum atomic E-state index is -0.999. The number of carbonyl (C=O) groups excluding carboxylic acids is 2. The summed E-state index contributed by atoms with van der Waals surface area (Å²) < 4.78 is 26.9. The topological polar surface area (TPSA) is 127 Å². The van der Waals surface area contributed by atoms with Crippen molar-refractivity contribution in [2.24, 2.45) is 0 Å². The average molecular weight is 486 g/mol. The number of amides is 1. The molecule has 1 fully saturated rings. The Kier molecular flexibility index (Phi) is 7.23. The van der Waals surface area contributed by atoms with E-state index < -0.39 is 29.1 Å². The van der Waals surface area contributed by atoms with Crippen LogP contribution in [-0.4, -0.2) is 61.8 Å². The van der Waals surface area contributed by atoms with E-state index in [1.807, 2.05) is 18.2 Å². The summed E-state index contributed by atoms with van der Waals surface area (Å²) in [5.41, 5.74) is 0.0771. The van der Waals surface area contributed by atoms with Gasteiger partial charge in [-0.3, -0.25) is 14.9 Å². The second kappa shape index (κ2) is 10.5. The van der Waals surface area contributed by atoms with Gasteiger partial charge in [-0.25, -0.2) is 4.79 Å². The molecule has 11 heteroatoms. The fourth-order valence-electron chi connectivity index (χ4n) is 4.26. The van der Waals surface area contributed by atoms with Gasteiger partial charge in [0.05, 0.1) is 30.7 Å². The summed E-state index contributed by atoms with van der Waals surface area (Å²) in [6.45, 7) is 2.88. The summed E-state index contributed by atoms with van der Waals surface area (Å²) >= 11 is 0. The number of hydrogen-bond acceptors (Lipinski definition) is 9. The van der Waals surface area contributed by atoms with Crippen LogP contribution in [0.1, 0.15) is 41.7 Å². The SMILES string of the molecule is CCOc1cc([N+](=O)[O-])c(C(=O)OCC(=O)N2CCCC2c2ccc3c(c2)OCCO3)cc1OC. The molecule has 1 atom stereocenters. The lowest BCUT2D eigenvalue weighted by molar-refractivity contribution is -0.385. The third-order valence-corrected chi connectivity index (χ3v) is 5.85. The predicted octanol–water partition coefficient (Wildman–Crippen LogP) is 3.29. The van der Waals surface area contributed by atoms with E-state index in [0.717, 1.165) is 24.5 Å². The zero-order chi connectivity index (χ0) is 24.9. The average Bonchev–Trinajstić information content (AvgIpc) is 3.37. The standard InChI is InChI=1S/C24H26N2O9/c1-3-32-22-13-18(26(29)30)16(12-20(22)31-2)24(28)35-14-23(27)25-8-4-5-17(25)15-6-7-19-21(11-15)34-10-9-33-19/h6-7,11-13,17H,3-5,8-10,14H2,1-2H3. The van der Waals surface area contributed by atoms with Gasteiger partial charge >= 0.3 is 5.97 Å². The van der Waals surface area contributed by atoms with Crippen molar-refractivity contribution >= 4 is 17.6 Å². The summed E-state index contributed by atoms with van der Waals surface area (Å²) in [6.07, 6.45) is 1.54. The van der Waals surface area contributed by atoms with Crippen LogP contribution in [0.3, 0.4) is 0 Å². The van der Waals surface area contributed by atoms with Crippen molar-refractivity contribution < 1.29 is 38.2 Å². The number of carbonyl (C=O) groups is 2. The zero-order valence-corrected chi connectivity index (χ0v) is 19.5. The van der Waals surface area contributed by atoms with Gasteiger partial charge in [-0.1, -0.05) is 6.07 Å².